The van der Waals surface area contributed by atoms with Gasteiger partial charge >= 0.3 is 6.03 Å². The van der Waals surface area contributed by atoms with Crippen molar-refractivity contribution in [3.8, 4) is 5.75 Å². The number of aromatic hydroxyl groups is 1. The van der Waals surface area contributed by atoms with Crippen LogP contribution in [0, 0.1) is 5.82 Å². The number of urea groups is 1. The lowest BCUT2D eigenvalue weighted by molar-refractivity contribution is 0.0628. The van der Waals surface area contributed by atoms with E-state index in [9.17, 15) is 14.3 Å². The zero-order valence-corrected chi connectivity index (χ0v) is 17.6. The average Bonchev–Trinajstić information content (AvgIpc) is 3.11. The van der Waals surface area contributed by atoms with Gasteiger partial charge in [-0.1, -0.05) is 17.4 Å². The molecule has 0 saturated carbocycles. The molecule has 2 heterocycles. The molecule has 3 aromatic rings. The number of carbonyl (C=O) groups is 1. The lowest BCUT2D eigenvalue weighted by Crippen LogP contribution is -2.61. The Morgan fingerprint density at radius 1 is 1.33 bits per heavy atom. The fraction of sp³-hybridized carbons (Fsp3) is 0.364. The number of hydrogen-bond acceptors (Lipinski definition) is 5. The number of likely N-dealkylation sites (tertiary alicyclic amines) is 1. The normalized spacial score (nSPS) is 23.2. The molecule has 0 spiro atoms. The molecule has 6 nitrogen and oxygen atoms in total. The SMILES string of the molecule is CN1CC[C@H]2c3cc(O)ccc3C[C@@H]1[C@@H]2N(C)C(=O)Nc1nc2ccc(F)cc2s1. The predicted octanol–water partition coefficient (Wildman–Crippen LogP) is 4.02. The van der Waals surface area contributed by atoms with E-state index < -0.39 is 0 Å². The Balaban J connectivity index is 1.42. The van der Waals surface area contributed by atoms with Crippen LogP contribution in [0.4, 0.5) is 14.3 Å². The number of rotatable bonds is 2. The van der Waals surface area contributed by atoms with Gasteiger partial charge in [-0.05, 0) is 67.9 Å². The summed E-state index contributed by atoms with van der Waals surface area (Å²) in [7, 11) is 3.92. The van der Waals surface area contributed by atoms with E-state index in [4.69, 9.17) is 0 Å². The van der Waals surface area contributed by atoms with Crippen LogP contribution in [0.15, 0.2) is 36.4 Å². The molecule has 2 N–H and O–H groups in total. The maximum atomic E-state index is 13.5. The van der Waals surface area contributed by atoms with Gasteiger partial charge in [-0.15, -0.1) is 0 Å². The fourth-order valence-electron chi connectivity index (χ4n) is 4.96. The highest BCUT2D eigenvalue weighted by molar-refractivity contribution is 7.22. The number of anilines is 1. The quantitative estimate of drug-likeness (QED) is 0.650. The molecule has 2 bridgehead atoms. The highest BCUT2D eigenvalue weighted by atomic mass is 32.1. The van der Waals surface area contributed by atoms with Crippen molar-refractivity contribution >= 4 is 32.7 Å². The van der Waals surface area contributed by atoms with Crippen LogP contribution < -0.4 is 5.32 Å². The molecule has 3 atom stereocenters. The predicted molar refractivity (Wildman–Crippen MR) is 116 cm³/mol. The van der Waals surface area contributed by atoms with E-state index in [0.29, 0.717) is 15.3 Å². The standard InChI is InChI=1S/C22H23FN4O2S/c1-26-8-7-15-16-11-14(28)5-3-12(16)9-18(26)20(15)27(2)22(29)25-21-24-17-6-4-13(23)10-19(17)30-21/h3-6,10-11,15,18,20,28H,7-9H2,1-2H3,(H,24,25,29)/t15-,18+,20+/m0/s1. The first-order chi connectivity index (χ1) is 14.4. The van der Waals surface area contributed by atoms with E-state index in [1.54, 1.807) is 17.0 Å². The molecule has 1 fully saturated rings. The first kappa shape index (κ1) is 19.3. The van der Waals surface area contributed by atoms with Gasteiger partial charge in [0.25, 0.3) is 0 Å². The molecule has 0 unspecified atom stereocenters. The number of nitrogens with zero attached hydrogens (tertiary/aromatic N) is 3. The van der Waals surface area contributed by atoms with Crippen LogP contribution in [0.25, 0.3) is 10.2 Å². The minimum atomic E-state index is -0.318. The molecule has 2 aromatic carbocycles. The summed E-state index contributed by atoms with van der Waals surface area (Å²) in [6, 6.07) is 9.97. The van der Waals surface area contributed by atoms with Crippen molar-refractivity contribution in [1.29, 1.82) is 0 Å². The minimum Gasteiger partial charge on any atom is -0.508 e. The Morgan fingerprint density at radius 2 is 2.17 bits per heavy atom. The lowest BCUT2D eigenvalue weighted by Gasteiger charge is -2.51. The second kappa shape index (κ2) is 7.21. The summed E-state index contributed by atoms with van der Waals surface area (Å²) >= 11 is 1.26. The number of amides is 2. The topological polar surface area (TPSA) is 68.7 Å². The molecular weight excluding hydrogens is 403 g/mol. The maximum absolute atomic E-state index is 13.5. The number of likely N-dealkylation sites (N-methyl/N-ethyl adjacent to an activating group) is 2. The van der Waals surface area contributed by atoms with Crippen LogP contribution in [0.2, 0.25) is 0 Å². The molecule has 5 rings (SSSR count). The minimum absolute atomic E-state index is 0.00938. The molecule has 1 saturated heterocycles. The third kappa shape index (κ3) is 3.20. The molecule has 1 aliphatic carbocycles. The number of carbonyl (C=O) groups excluding carboxylic acids is 1. The number of benzene rings is 2. The Morgan fingerprint density at radius 3 is 3.00 bits per heavy atom. The van der Waals surface area contributed by atoms with Gasteiger partial charge in [0.15, 0.2) is 5.13 Å². The van der Waals surface area contributed by atoms with Gasteiger partial charge in [0.2, 0.25) is 0 Å². The Kier molecular flexibility index (Phi) is 4.63. The molecule has 2 amide bonds. The summed E-state index contributed by atoms with van der Waals surface area (Å²) < 4.78 is 14.2. The van der Waals surface area contributed by atoms with Gasteiger partial charge in [0.1, 0.15) is 11.6 Å². The molecule has 8 heteroatoms. The molecule has 2 aliphatic rings. The number of phenols is 1. The van der Waals surface area contributed by atoms with E-state index in [2.05, 4.69) is 22.2 Å². The number of phenolic OH excluding ortho intramolecular Hbond substituents is 1. The summed E-state index contributed by atoms with van der Waals surface area (Å²) in [5, 5.41) is 13.4. The van der Waals surface area contributed by atoms with Gasteiger partial charge in [0, 0.05) is 19.0 Å². The Bertz CT molecular complexity index is 1130. The van der Waals surface area contributed by atoms with Crippen LogP contribution >= 0.6 is 11.3 Å². The summed E-state index contributed by atoms with van der Waals surface area (Å²) in [6.07, 6.45) is 1.76. The van der Waals surface area contributed by atoms with E-state index in [0.717, 1.165) is 24.9 Å². The smallest absolute Gasteiger partial charge is 0.323 e. The third-order valence-corrected chi connectivity index (χ3v) is 7.39. The van der Waals surface area contributed by atoms with Crippen molar-refractivity contribution < 1.29 is 14.3 Å². The highest BCUT2D eigenvalue weighted by Gasteiger charge is 2.45. The van der Waals surface area contributed by atoms with Crippen molar-refractivity contribution in [2.24, 2.45) is 0 Å². The number of hydrogen-bond donors (Lipinski definition) is 2. The molecule has 0 radical (unpaired) electrons. The van der Waals surface area contributed by atoms with E-state index in [1.807, 2.05) is 19.2 Å². The van der Waals surface area contributed by atoms with Crippen molar-refractivity contribution in [2.45, 2.75) is 30.8 Å². The van der Waals surface area contributed by atoms with E-state index in [1.165, 1.54) is 29.0 Å². The average molecular weight is 427 g/mol. The summed E-state index contributed by atoms with van der Waals surface area (Å²) in [4.78, 5) is 21.6. The number of piperidine rings is 1. The van der Waals surface area contributed by atoms with Crippen LogP contribution in [0.5, 0.6) is 5.75 Å². The van der Waals surface area contributed by atoms with Crippen LogP contribution in [-0.4, -0.2) is 58.6 Å². The molecular formula is C22H23FN4O2S. The summed E-state index contributed by atoms with van der Waals surface area (Å²) in [5.74, 6) is 0.113. The molecule has 156 valence electrons. The molecule has 1 aromatic heterocycles. The highest BCUT2D eigenvalue weighted by Crippen LogP contribution is 2.43. The van der Waals surface area contributed by atoms with E-state index >= 15 is 0 Å². The second-order valence-electron chi connectivity index (χ2n) is 8.19. The zero-order chi connectivity index (χ0) is 21.0. The van der Waals surface area contributed by atoms with Gasteiger partial charge in [-0.3, -0.25) is 5.32 Å². The van der Waals surface area contributed by atoms with Gasteiger partial charge < -0.3 is 14.9 Å². The summed E-state index contributed by atoms with van der Waals surface area (Å²) in [6.45, 7) is 0.958. The van der Waals surface area contributed by atoms with Gasteiger partial charge in [-0.2, -0.15) is 0 Å². The third-order valence-electron chi connectivity index (χ3n) is 6.46. The first-order valence-electron chi connectivity index (χ1n) is 10.0. The maximum Gasteiger partial charge on any atom is 0.323 e. The van der Waals surface area contributed by atoms with Crippen LogP contribution in [0.1, 0.15) is 23.5 Å². The lowest BCUT2D eigenvalue weighted by atomic mass is 9.71. The second-order valence-corrected chi connectivity index (χ2v) is 9.22. The van der Waals surface area contributed by atoms with Gasteiger partial charge in [-0.25, -0.2) is 14.2 Å². The number of aromatic nitrogens is 1. The van der Waals surface area contributed by atoms with Crippen LogP contribution in [0.3, 0.4) is 0 Å². The number of thiazole rings is 1. The first-order valence-corrected chi connectivity index (χ1v) is 10.8. The number of nitrogens with one attached hydrogen (secondary N) is 1. The van der Waals surface area contributed by atoms with E-state index in [-0.39, 0.29) is 35.6 Å². The van der Waals surface area contributed by atoms with Crippen molar-refractivity contribution in [3.63, 3.8) is 0 Å². The zero-order valence-electron chi connectivity index (χ0n) is 16.8. The molecule has 30 heavy (non-hydrogen) atoms. The Hall–Kier alpha value is -2.71. The van der Waals surface area contributed by atoms with Crippen molar-refractivity contribution in [2.75, 3.05) is 26.0 Å². The van der Waals surface area contributed by atoms with Crippen LogP contribution in [-0.2, 0) is 6.42 Å². The number of halogens is 1. The largest absolute Gasteiger partial charge is 0.508 e. The van der Waals surface area contributed by atoms with Gasteiger partial charge in [0.05, 0.1) is 16.3 Å². The fourth-order valence-corrected chi connectivity index (χ4v) is 5.84. The summed E-state index contributed by atoms with van der Waals surface area (Å²) in [5.41, 5.74) is 3.05. The Labute approximate surface area is 177 Å². The van der Waals surface area contributed by atoms with Crippen molar-refractivity contribution in [1.82, 2.24) is 14.8 Å². The molecule has 1 aliphatic heterocycles. The number of fused-ring (bicyclic) bond motifs is 5. The monoisotopic (exact) mass is 426 g/mol. The van der Waals surface area contributed by atoms with Crippen molar-refractivity contribution in [3.05, 3.63) is 53.3 Å².